The monoisotopic (exact) mass is 373 g/mol. The number of carbonyl (C=O) groups excluding carboxylic acids is 1. The average Bonchev–Trinajstić information content (AvgIpc) is 2.67. The lowest BCUT2D eigenvalue weighted by Crippen LogP contribution is -2.54. The SMILES string of the molecule is CC(C(=O)N(C)Cc1cccc(F)c1)N1CCN(c2ccccc2F)CC1. The number of anilines is 1. The van der Waals surface area contributed by atoms with Gasteiger partial charge in [0, 0.05) is 39.8 Å². The number of benzene rings is 2. The lowest BCUT2D eigenvalue weighted by molar-refractivity contribution is -0.135. The number of para-hydroxylation sites is 1. The van der Waals surface area contributed by atoms with Gasteiger partial charge in [0.2, 0.25) is 5.91 Å². The smallest absolute Gasteiger partial charge is 0.239 e. The van der Waals surface area contributed by atoms with Gasteiger partial charge < -0.3 is 9.80 Å². The van der Waals surface area contributed by atoms with Crippen LogP contribution in [0.4, 0.5) is 14.5 Å². The van der Waals surface area contributed by atoms with Crippen LogP contribution in [-0.2, 0) is 11.3 Å². The second kappa shape index (κ2) is 8.48. The molecule has 1 atom stereocenters. The Balaban J connectivity index is 1.56. The van der Waals surface area contributed by atoms with Crippen molar-refractivity contribution in [2.24, 2.45) is 0 Å². The van der Waals surface area contributed by atoms with Crippen molar-refractivity contribution in [2.75, 3.05) is 38.1 Å². The predicted octanol–water partition coefficient (Wildman–Crippen LogP) is 3.13. The van der Waals surface area contributed by atoms with E-state index in [0.29, 0.717) is 38.4 Å². The van der Waals surface area contributed by atoms with Crippen molar-refractivity contribution in [3.8, 4) is 0 Å². The van der Waals surface area contributed by atoms with Crippen molar-refractivity contribution >= 4 is 11.6 Å². The van der Waals surface area contributed by atoms with E-state index < -0.39 is 0 Å². The Morgan fingerprint density at radius 3 is 2.44 bits per heavy atom. The van der Waals surface area contributed by atoms with E-state index in [1.807, 2.05) is 24.0 Å². The fourth-order valence-corrected chi connectivity index (χ4v) is 3.52. The third kappa shape index (κ3) is 4.63. The number of piperazine rings is 1. The molecule has 27 heavy (non-hydrogen) atoms. The maximum absolute atomic E-state index is 14.0. The number of carbonyl (C=O) groups is 1. The van der Waals surface area contributed by atoms with Crippen LogP contribution in [0.2, 0.25) is 0 Å². The molecule has 4 nitrogen and oxygen atoms in total. The molecule has 144 valence electrons. The van der Waals surface area contributed by atoms with E-state index >= 15 is 0 Å². The lowest BCUT2D eigenvalue weighted by Gasteiger charge is -2.39. The van der Waals surface area contributed by atoms with Gasteiger partial charge in [-0.15, -0.1) is 0 Å². The van der Waals surface area contributed by atoms with Crippen LogP contribution in [0, 0.1) is 11.6 Å². The summed E-state index contributed by atoms with van der Waals surface area (Å²) in [6, 6.07) is 12.8. The Labute approximate surface area is 159 Å². The largest absolute Gasteiger partial charge is 0.367 e. The molecule has 2 aromatic carbocycles. The summed E-state index contributed by atoms with van der Waals surface area (Å²) in [6.07, 6.45) is 0. The number of amides is 1. The highest BCUT2D eigenvalue weighted by molar-refractivity contribution is 5.81. The molecular weight excluding hydrogens is 348 g/mol. The zero-order chi connectivity index (χ0) is 19.4. The highest BCUT2D eigenvalue weighted by atomic mass is 19.1. The van der Waals surface area contributed by atoms with E-state index in [1.165, 1.54) is 18.2 Å². The van der Waals surface area contributed by atoms with Gasteiger partial charge >= 0.3 is 0 Å². The molecular formula is C21H25F2N3O. The zero-order valence-electron chi connectivity index (χ0n) is 15.7. The molecule has 6 heteroatoms. The van der Waals surface area contributed by atoms with Crippen LogP contribution in [0.15, 0.2) is 48.5 Å². The molecule has 1 aliphatic heterocycles. The quantitative estimate of drug-likeness (QED) is 0.806. The molecule has 0 bridgehead atoms. The Morgan fingerprint density at radius 2 is 1.78 bits per heavy atom. The van der Waals surface area contributed by atoms with Crippen LogP contribution in [0.3, 0.4) is 0 Å². The Hall–Kier alpha value is -2.47. The van der Waals surface area contributed by atoms with Crippen molar-refractivity contribution in [3.05, 3.63) is 65.7 Å². The molecule has 0 spiro atoms. The topological polar surface area (TPSA) is 26.8 Å². The Kier molecular flexibility index (Phi) is 6.06. The number of hydrogen-bond acceptors (Lipinski definition) is 3. The maximum Gasteiger partial charge on any atom is 0.239 e. The number of nitrogens with zero attached hydrogens (tertiary/aromatic N) is 3. The first-order chi connectivity index (χ1) is 13.0. The molecule has 1 unspecified atom stereocenters. The highest BCUT2D eigenvalue weighted by Crippen LogP contribution is 2.21. The highest BCUT2D eigenvalue weighted by Gasteiger charge is 2.28. The minimum absolute atomic E-state index is 0.00129. The first-order valence-corrected chi connectivity index (χ1v) is 9.18. The molecule has 0 N–H and O–H groups in total. The van der Waals surface area contributed by atoms with Gasteiger partial charge in [-0.25, -0.2) is 8.78 Å². The molecule has 2 aromatic rings. The molecule has 0 saturated carbocycles. The summed E-state index contributed by atoms with van der Waals surface area (Å²) in [7, 11) is 1.74. The van der Waals surface area contributed by atoms with E-state index in [1.54, 1.807) is 30.1 Å². The molecule has 1 heterocycles. The van der Waals surface area contributed by atoms with Crippen LogP contribution in [0.25, 0.3) is 0 Å². The lowest BCUT2D eigenvalue weighted by atomic mass is 10.1. The van der Waals surface area contributed by atoms with Gasteiger partial charge in [-0.3, -0.25) is 9.69 Å². The molecule has 1 aliphatic rings. The number of halogens is 2. The van der Waals surface area contributed by atoms with E-state index in [4.69, 9.17) is 0 Å². The normalized spacial score (nSPS) is 16.2. The summed E-state index contributed by atoms with van der Waals surface area (Å²) in [6.45, 7) is 4.99. The summed E-state index contributed by atoms with van der Waals surface area (Å²) >= 11 is 0. The second-order valence-corrected chi connectivity index (χ2v) is 6.97. The van der Waals surface area contributed by atoms with Crippen molar-refractivity contribution in [1.29, 1.82) is 0 Å². The van der Waals surface area contributed by atoms with Crippen LogP contribution >= 0.6 is 0 Å². The molecule has 3 rings (SSSR count). The standard InChI is InChI=1S/C21H25F2N3O/c1-16(21(27)24(2)15-17-6-5-7-18(22)14-17)25-10-12-26(13-11-25)20-9-4-3-8-19(20)23/h3-9,14,16H,10-13,15H2,1-2H3. The number of rotatable bonds is 5. The van der Waals surface area contributed by atoms with Gasteiger partial charge in [0.25, 0.3) is 0 Å². The summed E-state index contributed by atoms with van der Waals surface area (Å²) in [5, 5.41) is 0. The fraction of sp³-hybridized carbons (Fsp3) is 0.381. The van der Waals surface area contributed by atoms with Crippen LogP contribution in [0.1, 0.15) is 12.5 Å². The Bertz CT molecular complexity index is 791. The van der Waals surface area contributed by atoms with E-state index in [9.17, 15) is 13.6 Å². The van der Waals surface area contributed by atoms with Crippen LogP contribution in [-0.4, -0.2) is 55.0 Å². The second-order valence-electron chi connectivity index (χ2n) is 6.97. The summed E-state index contributed by atoms with van der Waals surface area (Å²) in [4.78, 5) is 18.5. The Morgan fingerprint density at radius 1 is 1.07 bits per heavy atom. The first-order valence-electron chi connectivity index (χ1n) is 9.18. The van der Waals surface area contributed by atoms with Gasteiger partial charge in [0.15, 0.2) is 0 Å². The van der Waals surface area contributed by atoms with Gasteiger partial charge in [0.1, 0.15) is 11.6 Å². The van der Waals surface area contributed by atoms with Gasteiger partial charge in [-0.05, 0) is 36.8 Å². The minimum atomic E-state index is -0.300. The summed E-state index contributed by atoms with van der Waals surface area (Å²) < 4.78 is 27.3. The van der Waals surface area contributed by atoms with Crippen molar-refractivity contribution in [1.82, 2.24) is 9.80 Å². The maximum atomic E-state index is 14.0. The predicted molar refractivity (Wildman–Crippen MR) is 103 cm³/mol. The van der Waals surface area contributed by atoms with Gasteiger partial charge in [-0.1, -0.05) is 24.3 Å². The van der Waals surface area contributed by atoms with E-state index in [0.717, 1.165) is 5.56 Å². The number of hydrogen-bond donors (Lipinski definition) is 0. The fourth-order valence-electron chi connectivity index (χ4n) is 3.52. The van der Waals surface area contributed by atoms with E-state index in [2.05, 4.69) is 4.90 Å². The van der Waals surface area contributed by atoms with Crippen LogP contribution in [0.5, 0.6) is 0 Å². The number of likely N-dealkylation sites (N-methyl/N-ethyl adjacent to an activating group) is 1. The molecule has 1 amide bonds. The average molecular weight is 373 g/mol. The van der Waals surface area contributed by atoms with Gasteiger partial charge in [0.05, 0.1) is 11.7 Å². The zero-order valence-corrected chi connectivity index (χ0v) is 15.7. The third-order valence-corrected chi connectivity index (χ3v) is 5.10. The van der Waals surface area contributed by atoms with Gasteiger partial charge in [-0.2, -0.15) is 0 Å². The van der Waals surface area contributed by atoms with Crippen molar-refractivity contribution in [2.45, 2.75) is 19.5 Å². The third-order valence-electron chi connectivity index (χ3n) is 5.10. The molecule has 0 aromatic heterocycles. The van der Waals surface area contributed by atoms with E-state index in [-0.39, 0.29) is 23.6 Å². The molecule has 0 aliphatic carbocycles. The van der Waals surface area contributed by atoms with Crippen molar-refractivity contribution in [3.63, 3.8) is 0 Å². The molecule has 0 radical (unpaired) electrons. The van der Waals surface area contributed by atoms with Crippen LogP contribution < -0.4 is 4.90 Å². The van der Waals surface area contributed by atoms with Crippen molar-refractivity contribution < 1.29 is 13.6 Å². The first kappa shape index (κ1) is 19.3. The summed E-state index contributed by atoms with van der Waals surface area (Å²) in [5.41, 5.74) is 1.38. The molecule has 1 saturated heterocycles. The molecule has 1 fully saturated rings. The summed E-state index contributed by atoms with van der Waals surface area (Å²) in [5.74, 6) is -0.519. The minimum Gasteiger partial charge on any atom is -0.367 e.